The number of benzene rings is 2. The van der Waals surface area contributed by atoms with E-state index < -0.39 is 16.1 Å². The first-order valence-electron chi connectivity index (χ1n) is 11.1. The number of carboxylic acid groups (broad SMARTS) is 1. The molecule has 2 aromatic rings. The van der Waals surface area contributed by atoms with Crippen LogP contribution >= 0.6 is 11.6 Å². The van der Waals surface area contributed by atoms with Crippen molar-refractivity contribution in [2.75, 3.05) is 26.0 Å². The summed E-state index contributed by atoms with van der Waals surface area (Å²) in [5.41, 5.74) is 3.30. The Bertz CT molecular complexity index is 1060. The number of sulfonamides is 1. The molecule has 1 amide bonds. The molecule has 0 fully saturated rings. The summed E-state index contributed by atoms with van der Waals surface area (Å²) in [7, 11) is -1.70. The van der Waals surface area contributed by atoms with E-state index in [0.29, 0.717) is 23.6 Å². The Morgan fingerprint density at radius 1 is 1.24 bits per heavy atom. The van der Waals surface area contributed by atoms with Gasteiger partial charge in [0.05, 0.1) is 5.75 Å². The Morgan fingerprint density at radius 3 is 2.64 bits per heavy atom. The largest absolute Gasteiger partial charge is 0.492 e. The molecule has 2 aromatic carbocycles. The topological polar surface area (TPSA) is 95.9 Å². The van der Waals surface area contributed by atoms with E-state index >= 15 is 0 Å². The van der Waals surface area contributed by atoms with Crippen LogP contribution in [0, 0.1) is 0 Å². The van der Waals surface area contributed by atoms with Gasteiger partial charge in [0.25, 0.3) is 0 Å². The Hall–Kier alpha value is -2.29. The third-order valence-corrected chi connectivity index (χ3v) is 8.33. The van der Waals surface area contributed by atoms with E-state index in [1.54, 1.807) is 7.05 Å². The molecule has 0 heterocycles. The summed E-state index contributed by atoms with van der Waals surface area (Å²) in [4.78, 5) is 11.4. The highest BCUT2D eigenvalue weighted by Gasteiger charge is 2.31. The second-order valence-electron chi connectivity index (χ2n) is 8.38. The van der Waals surface area contributed by atoms with Crippen molar-refractivity contribution in [1.29, 1.82) is 0 Å². The lowest BCUT2D eigenvalue weighted by molar-refractivity contribution is 0.185. The zero-order valence-electron chi connectivity index (χ0n) is 19.0. The van der Waals surface area contributed by atoms with E-state index in [-0.39, 0.29) is 30.9 Å². The normalized spacial score (nSPS) is 18.1. The first-order valence-corrected chi connectivity index (χ1v) is 13.1. The first kappa shape index (κ1) is 25.3. The summed E-state index contributed by atoms with van der Waals surface area (Å²) < 4.78 is 31.5. The minimum Gasteiger partial charge on any atom is -0.492 e. The molecule has 180 valence electrons. The van der Waals surface area contributed by atoms with E-state index in [1.165, 1.54) is 9.87 Å². The van der Waals surface area contributed by atoms with Gasteiger partial charge in [0.1, 0.15) is 12.4 Å². The molecule has 33 heavy (non-hydrogen) atoms. The van der Waals surface area contributed by atoms with Crippen molar-refractivity contribution in [3.63, 3.8) is 0 Å². The predicted molar refractivity (Wildman–Crippen MR) is 130 cm³/mol. The van der Waals surface area contributed by atoms with Gasteiger partial charge in [-0.25, -0.2) is 17.5 Å². The van der Waals surface area contributed by atoms with Gasteiger partial charge in [0.2, 0.25) is 10.0 Å². The molecule has 2 atom stereocenters. The molecular formula is C24H31ClN2O5S. The van der Waals surface area contributed by atoms with Crippen LogP contribution in [-0.4, -0.2) is 55.9 Å². The van der Waals surface area contributed by atoms with Gasteiger partial charge in [0.15, 0.2) is 0 Å². The molecule has 9 heteroatoms. The Balaban J connectivity index is 1.77. The molecule has 0 spiro atoms. The molecule has 0 bridgehead atoms. The lowest BCUT2D eigenvalue weighted by Gasteiger charge is -2.34. The van der Waals surface area contributed by atoms with Crippen molar-refractivity contribution < 1.29 is 23.1 Å². The number of nitrogens with one attached hydrogen (secondary N) is 1. The smallest absolute Gasteiger partial charge is 0.404 e. The average Bonchev–Trinajstić information content (AvgIpc) is 2.76. The fraction of sp³-hybridized carbons (Fsp3) is 0.458. The lowest BCUT2D eigenvalue weighted by Crippen LogP contribution is -2.42. The molecule has 0 saturated carbocycles. The molecule has 3 rings (SSSR count). The number of hydrogen-bond acceptors (Lipinski definition) is 4. The third-order valence-electron chi connectivity index (χ3n) is 6.02. The maximum Gasteiger partial charge on any atom is 0.404 e. The van der Waals surface area contributed by atoms with Crippen LogP contribution in [0.5, 0.6) is 5.75 Å². The quantitative estimate of drug-likeness (QED) is 0.513. The molecule has 1 aliphatic carbocycles. The molecule has 0 aliphatic heterocycles. The number of amides is 1. The third kappa shape index (κ3) is 6.85. The van der Waals surface area contributed by atoms with Crippen LogP contribution < -0.4 is 10.1 Å². The second kappa shape index (κ2) is 11.2. The van der Waals surface area contributed by atoms with Crippen LogP contribution in [0.25, 0.3) is 0 Å². The van der Waals surface area contributed by atoms with Crippen molar-refractivity contribution in [3.05, 3.63) is 64.2 Å². The number of rotatable bonds is 10. The van der Waals surface area contributed by atoms with Crippen LogP contribution in [0.15, 0.2) is 42.5 Å². The van der Waals surface area contributed by atoms with Gasteiger partial charge in [-0.1, -0.05) is 36.7 Å². The summed E-state index contributed by atoms with van der Waals surface area (Å²) in [5, 5.41) is 12.7. The molecule has 2 N–H and O–H groups in total. The summed E-state index contributed by atoms with van der Waals surface area (Å²) in [6.07, 6.45) is 1.69. The van der Waals surface area contributed by atoms with Gasteiger partial charge in [-0.15, -0.1) is 0 Å². The van der Waals surface area contributed by atoms with Gasteiger partial charge in [-0.2, -0.15) is 0 Å². The van der Waals surface area contributed by atoms with E-state index in [1.807, 2.05) is 49.4 Å². The van der Waals surface area contributed by atoms with Gasteiger partial charge in [-0.3, -0.25) is 0 Å². The predicted octanol–water partition coefficient (Wildman–Crippen LogP) is 4.30. The number of hydrogen-bond donors (Lipinski definition) is 2. The van der Waals surface area contributed by atoms with Crippen molar-refractivity contribution >= 4 is 27.7 Å². The molecule has 0 aromatic heterocycles. The standard InChI is InChI=1S/C24H31ClN2O5S/c1-3-14-33(30,31)27(2)12-13-32-20-10-6-18-7-11-23(26-24(28)29)22(21(18)16-20)15-17-4-8-19(25)9-5-17/h4-6,8-10,16,22-23,26H,3,7,11-15H2,1-2H3,(H,28,29). The summed E-state index contributed by atoms with van der Waals surface area (Å²) in [6.45, 7) is 2.33. The summed E-state index contributed by atoms with van der Waals surface area (Å²) >= 11 is 6.02. The van der Waals surface area contributed by atoms with Gasteiger partial charge in [-0.05, 0) is 66.6 Å². The Kier molecular flexibility index (Phi) is 8.62. The van der Waals surface area contributed by atoms with Gasteiger partial charge < -0.3 is 15.2 Å². The van der Waals surface area contributed by atoms with Crippen LogP contribution in [0.2, 0.25) is 5.02 Å². The summed E-state index contributed by atoms with van der Waals surface area (Å²) in [6, 6.07) is 13.3. The number of aryl methyl sites for hydroxylation is 1. The number of halogens is 1. The molecular weight excluding hydrogens is 464 g/mol. The number of nitrogens with zero attached hydrogens (tertiary/aromatic N) is 1. The maximum absolute atomic E-state index is 12.1. The van der Waals surface area contributed by atoms with Crippen LogP contribution in [0.4, 0.5) is 4.79 Å². The first-order chi connectivity index (χ1) is 15.7. The minimum atomic E-state index is -3.26. The number of fused-ring (bicyclic) bond motifs is 1. The zero-order valence-corrected chi connectivity index (χ0v) is 20.5. The van der Waals surface area contributed by atoms with Crippen molar-refractivity contribution in [1.82, 2.24) is 9.62 Å². The second-order valence-corrected chi connectivity index (χ2v) is 11.0. The van der Waals surface area contributed by atoms with Gasteiger partial charge in [0, 0.05) is 30.6 Å². The minimum absolute atomic E-state index is 0.0535. The fourth-order valence-corrected chi connectivity index (χ4v) is 5.57. The molecule has 0 radical (unpaired) electrons. The maximum atomic E-state index is 12.1. The molecule has 7 nitrogen and oxygen atoms in total. The van der Waals surface area contributed by atoms with E-state index in [2.05, 4.69) is 5.32 Å². The van der Waals surface area contributed by atoms with Gasteiger partial charge >= 0.3 is 6.09 Å². The van der Waals surface area contributed by atoms with E-state index in [0.717, 1.165) is 24.0 Å². The van der Waals surface area contributed by atoms with Crippen LogP contribution in [-0.2, 0) is 22.9 Å². The highest BCUT2D eigenvalue weighted by Crippen LogP contribution is 2.37. The lowest BCUT2D eigenvalue weighted by atomic mass is 9.76. The van der Waals surface area contributed by atoms with Crippen molar-refractivity contribution in [2.24, 2.45) is 0 Å². The number of ether oxygens (including phenoxy) is 1. The van der Waals surface area contributed by atoms with E-state index in [4.69, 9.17) is 16.3 Å². The summed E-state index contributed by atoms with van der Waals surface area (Å²) in [5.74, 6) is 0.710. The number of carbonyl (C=O) groups is 1. The monoisotopic (exact) mass is 494 g/mol. The van der Waals surface area contributed by atoms with Crippen molar-refractivity contribution in [3.8, 4) is 5.75 Å². The van der Waals surface area contributed by atoms with Crippen molar-refractivity contribution in [2.45, 2.75) is 44.6 Å². The zero-order chi connectivity index (χ0) is 24.0. The number of likely N-dealkylation sites (N-methyl/N-ethyl adjacent to an activating group) is 1. The molecule has 1 aliphatic rings. The van der Waals surface area contributed by atoms with E-state index in [9.17, 15) is 18.3 Å². The van der Waals surface area contributed by atoms with Crippen LogP contribution in [0.1, 0.15) is 42.4 Å². The SMILES string of the molecule is CCCS(=O)(=O)N(C)CCOc1ccc2c(c1)C(Cc1ccc(Cl)cc1)C(NC(=O)O)CC2. The average molecular weight is 495 g/mol. The Morgan fingerprint density at radius 2 is 1.97 bits per heavy atom. The molecule has 2 unspecified atom stereocenters. The highest BCUT2D eigenvalue weighted by atomic mass is 35.5. The highest BCUT2D eigenvalue weighted by molar-refractivity contribution is 7.89. The van der Waals surface area contributed by atoms with Crippen LogP contribution in [0.3, 0.4) is 0 Å². The molecule has 0 saturated heterocycles. The fourth-order valence-electron chi connectivity index (χ4n) is 4.27. The Labute approximate surface area is 200 Å².